The molecule has 1 N–H and O–H groups in total. The number of aromatic nitrogens is 1. The van der Waals surface area contributed by atoms with Crippen LogP contribution in [0.2, 0.25) is 5.02 Å². The van der Waals surface area contributed by atoms with Gasteiger partial charge in [-0.05, 0) is 31.5 Å². The van der Waals surface area contributed by atoms with Crippen LogP contribution in [0.5, 0.6) is 0 Å². The van der Waals surface area contributed by atoms with E-state index in [2.05, 4.69) is 10.5 Å². The van der Waals surface area contributed by atoms with Gasteiger partial charge in [0.15, 0.2) is 0 Å². The summed E-state index contributed by atoms with van der Waals surface area (Å²) in [6.07, 6.45) is 0.458. The number of likely N-dealkylation sites (N-methyl/N-ethyl adjacent to an activating group) is 1. The van der Waals surface area contributed by atoms with Crippen molar-refractivity contribution in [2.45, 2.75) is 26.3 Å². The number of hydrogen-bond donors (Lipinski definition) is 1. The van der Waals surface area contributed by atoms with Crippen LogP contribution in [-0.4, -0.2) is 29.6 Å². The first-order chi connectivity index (χ1) is 14.0. The predicted octanol–water partition coefficient (Wildman–Crippen LogP) is 4.01. The number of para-hydroxylation sites is 1. The van der Waals surface area contributed by atoms with E-state index in [-0.39, 0.29) is 11.8 Å². The largest absolute Gasteiger partial charge is 0.360 e. The smallest absolute Gasteiger partial charge is 0.264 e. The highest BCUT2D eigenvalue weighted by atomic mass is 35.5. The van der Waals surface area contributed by atoms with Crippen LogP contribution in [0.1, 0.15) is 28.6 Å². The molecule has 0 saturated heterocycles. The van der Waals surface area contributed by atoms with Crippen LogP contribution in [0, 0.1) is 6.92 Å². The fourth-order valence-corrected chi connectivity index (χ4v) is 3.95. The van der Waals surface area contributed by atoms with Crippen molar-refractivity contribution < 1.29 is 14.1 Å². The van der Waals surface area contributed by atoms with Gasteiger partial charge in [-0.3, -0.25) is 14.5 Å². The Morgan fingerprint density at radius 1 is 1.21 bits per heavy atom. The molecule has 0 fully saturated rings. The maximum atomic E-state index is 13.7. The summed E-state index contributed by atoms with van der Waals surface area (Å²) in [6.45, 7) is 4.03. The molecule has 0 bridgehead atoms. The van der Waals surface area contributed by atoms with Crippen LogP contribution in [0.3, 0.4) is 0 Å². The first-order valence-corrected chi connectivity index (χ1v) is 9.81. The predicted molar refractivity (Wildman–Crippen MR) is 111 cm³/mol. The molecule has 0 radical (unpaired) electrons. The van der Waals surface area contributed by atoms with Crippen LogP contribution in [0.15, 0.2) is 53.1 Å². The van der Waals surface area contributed by atoms with Gasteiger partial charge in [0, 0.05) is 24.2 Å². The van der Waals surface area contributed by atoms with Gasteiger partial charge in [-0.25, -0.2) is 0 Å². The number of fused-ring (bicyclic) bond motifs is 1. The number of benzene rings is 2. The highest BCUT2D eigenvalue weighted by Gasteiger charge is 2.40. The lowest BCUT2D eigenvalue weighted by atomic mass is 10.0. The second-order valence-electron chi connectivity index (χ2n) is 6.86. The molecule has 148 valence electrons. The average Bonchev–Trinajstić information content (AvgIpc) is 3.29. The molecule has 0 aliphatic carbocycles. The molecule has 6 nitrogen and oxygen atoms in total. The van der Waals surface area contributed by atoms with E-state index in [0.29, 0.717) is 40.6 Å². The van der Waals surface area contributed by atoms with Crippen molar-refractivity contribution >= 4 is 29.1 Å². The molecule has 1 aliphatic rings. The van der Waals surface area contributed by atoms with Gasteiger partial charge in [0.2, 0.25) is 5.91 Å². The van der Waals surface area contributed by atoms with Crippen molar-refractivity contribution in [3.05, 3.63) is 70.4 Å². The zero-order valence-electron chi connectivity index (χ0n) is 16.1. The summed E-state index contributed by atoms with van der Waals surface area (Å²) < 4.78 is 5.36. The molecular formula is C22H20ClN3O3. The highest BCUT2D eigenvalue weighted by molar-refractivity contribution is 6.33. The second-order valence-corrected chi connectivity index (χ2v) is 7.27. The maximum Gasteiger partial charge on any atom is 0.264 e. The quantitative estimate of drug-likeness (QED) is 0.706. The summed E-state index contributed by atoms with van der Waals surface area (Å²) in [5.74, 6) is -0.144. The van der Waals surface area contributed by atoms with Crippen molar-refractivity contribution in [1.29, 1.82) is 0 Å². The number of hydrogen-bond acceptors (Lipinski definition) is 4. The zero-order valence-corrected chi connectivity index (χ0v) is 16.9. The van der Waals surface area contributed by atoms with Crippen LogP contribution >= 0.6 is 11.6 Å². The van der Waals surface area contributed by atoms with Crippen molar-refractivity contribution in [1.82, 2.24) is 10.5 Å². The molecule has 1 aromatic heterocycles. The number of aryl methyl sites for hydroxylation is 1. The Hall–Kier alpha value is -3.12. The van der Waals surface area contributed by atoms with E-state index >= 15 is 0 Å². The van der Waals surface area contributed by atoms with Gasteiger partial charge in [0.1, 0.15) is 23.1 Å². The molecule has 0 spiro atoms. The number of halogens is 1. The van der Waals surface area contributed by atoms with Crippen molar-refractivity contribution in [3.8, 4) is 11.3 Å². The lowest BCUT2D eigenvalue weighted by molar-refractivity contribution is -0.122. The van der Waals surface area contributed by atoms with E-state index in [9.17, 15) is 9.59 Å². The zero-order chi connectivity index (χ0) is 20.5. The first kappa shape index (κ1) is 19.2. The lowest BCUT2D eigenvalue weighted by Crippen LogP contribution is -2.48. The molecule has 3 aromatic rings. The number of anilines is 1. The summed E-state index contributed by atoms with van der Waals surface area (Å²) in [5.41, 5.74) is 2.96. The van der Waals surface area contributed by atoms with Gasteiger partial charge in [-0.2, -0.15) is 0 Å². The number of carbonyl (C=O) groups excluding carboxylic acids is 2. The molecular weight excluding hydrogens is 390 g/mol. The third kappa shape index (κ3) is 3.29. The molecule has 1 aliphatic heterocycles. The molecule has 2 heterocycles. The van der Waals surface area contributed by atoms with Crippen LogP contribution in [-0.2, 0) is 11.2 Å². The van der Waals surface area contributed by atoms with E-state index in [1.807, 2.05) is 43.3 Å². The van der Waals surface area contributed by atoms with Gasteiger partial charge in [0.05, 0.1) is 5.02 Å². The van der Waals surface area contributed by atoms with E-state index in [1.165, 1.54) is 0 Å². The molecule has 4 rings (SSSR count). The summed E-state index contributed by atoms with van der Waals surface area (Å²) in [6, 6.07) is 14.1. The number of nitrogens with one attached hydrogen (secondary N) is 1. The summed E-state index contributed by atoms with van der Waals surface area (Å²) in [5, 5.41) is 7.39. The van der Waals surface area contributed by atoms with Crippen molar-refractivity contribution in [3.63, 3.8) is 0 Å². The standard InChI is InChI=1S/C22H20ClN3O3/c1-3-24-21(27)18-12-14-8-4-7-11-17(14)26(18)22(28)19-13(2)29-25-20(19)15-9-5-6-10-16(15)23/h4-11,18H,3,12H2,1-2H3,(H,24,27). The Labute approximate surface area is 173 Å². The van der Waals surface area contributed by atoms with Gasteiger partial charge < -0.3 is 9.84 Å². The average molecular weight is 410 g/mol. The normalized spacial score (nSPS) is 15.3. The number of carbonyl (C=O) groups is 2. The molecule has 1 atom stereocenters. The van der Waals surface area contributed by atoms with Crippen LogP contribution < -0.4 is 10.2 Å². The third-order valence-corrected chi connectivity index (χ3v) is 5.38. The third-order valence-electron chi connectivity index (χ3n) is 5.05. The summed E-state index contributed by atoms with van der Waals surface area (Å²) in [7, 11) is 0. The molecule has 29 heavy (non-hydrogen) atoms. The van der Waals surface area contributed by atoms with Gasteiger partial charge in [0.25, 0.3) is 5.91 Å². The van der Waals surface area contributed by atoms with E-state index in [0.717, 1.165) is 11.3 Å². The second kappa shape index (κ2) is 7.72. The molecule has 0 saturated carbocycles. The Bertz CT molecular complexity index is 1090. The monoisotopic (exact) mass is 409 g/mol. The highest BCUT2D eigenvalue weighted by Crippen LogP contribution is 2.37. The fraction of sp³-hybridized carbons (Fsp3) is 0.227. The van der Waals surface area contributed by atoms with Crippen LogP contribution in [0.4, 0.5) is 5.69 Å². The Balaban J connectivity index is 1.82. The van der Waals surface area contributed by atoms with Gasteiger partial charge >= 0.3 is 0 Å². The minimum atomic E-state index is -0.631. The summed E-state index contributed by atoms with van der Waals surface area (Å²) >= 11 is 6.34. The lowest BCUT2D eigenvalue weighted by Gasteiger charge is -2.25. The number of amides is 2. The summed E-state index contributed by atoms with van der Waals surface area (Å²) in [4.78, 5) is 28.0. The van der Waals surface area contributed by atoms with Crippen molar-refractivity contribution in [2.24, 2.45) is 0 Å². The van der Waals surface area contributed by atoms with Gasteiger partial charge in [-0.1, -0.05) is 53.2 Å². The van der Waals surface area contributed by atoms with E-state index < -0.39 is 6.04 Å². The molecule has 7 heteroatoms. The van der Waals surface area contributed by atoms with E-state index in [4.69, 9.17) is 16.1 Å². The minimum Gasteiger partial charge on any atom is -0.360 e. The fourth-order valence-electron chi connectivity index (χ4n) is 3.72. The Kier molecular flexibility index (Phi) is 5.11. The molecule has 2 aromatic carbocycles. The minimum absolute atomic E-state index is 0.189. The number of rotatable bonds is 4. The Morgan fingerprint density at radius 3 is 2.69 bits per heavy atom. The molecule has 1 unspecified atom stereocenters. The van der Waals surface area contributed by atoms with Gasteiger partial charge in [-0.15, -0.1) is 0 Å². The first-order valence-electron chi connectivity index (χ1n) is 9.43. The SMILES string of the molecule is CCNC(=O)C1Cc2ccccc2N1C(=O)c1c(-c2ccccc2Cl)noc1C. The van der Waals surface area contributed by atoms with E-state index in [1.54, 1.807) is 24.0 Å². The topological polar surface area (TPSA) is 75.4 Å². The van der Waals surface area contributed by atoms with Crippen LogP contribution in [0.25, 0.3) is 11.3 Å². The number of nitrogens with zero attached hydrogens (tertiary/aromatic N) is 2. The molecule has 2 amide bonds. The Morgan fingerprint density at radius 2 is 1.93 bits per heavy atom. The maximum absolute atomic E-state index is 13.7. The van der Waals surface area contributed by atoms with Crippen molar-refractivity contribution in [2.75, 3.05) is 11.4 Å².